The van der Waals surface area contributed by atoms with Gasteiger partial charge in [-0.25, -0.2) is 14.4 Å². The highest BCUT2D eigenvalue weighted by atomic mass is 79.9. The first-order valence-electron chi connectivity index (χ1n) is 11.4. The normalized spacial score (nSPS) is 11.1. The molecule has 0 spiro atoms. The summed E-state index contributed by atoms with van der Waals surface area (Å²) in [5.41, 5.74) is 1.32. The molecule has 38 heavy (non-hydrogen) atoms. The van der Waals surface area contributed by atoms with Crippen molar-refractivity contribution in [2.75, 3.05) is 5.32 Å². The minimum absolute atomic E-state index is 0.0222. The molecular weight excluding hydrogens is 553 g/mol. The Labute approximate surface area is 222 Å². The van der Waals surface area contributed by atoms with Crippen molar-refractivity contribution >= 4 is 49.6 Å². The lowest BCUT2D eigenvalue weighted by atomic mass is 10.1. The first-order valence-corrected chi connectivity index (χ1v) is 12.2. The maximum atomic E-state index is 14.9. The van der Waals surface area contributed by atoms with E-state index in [0.29, 0.717) is 28.1 Å². The molecule has 1 amide bonds. The van der Waals surface area contributed by atoms with E-state index in [2.05, 4.69) is 36.2 Å². The Morgan fingerprint density at radius 3 is 2.63 bits per heavy atom. The largest absolute Gasteiger partial charge is 0.453 e. The Bertz CT molecular complexity index is 1900. The molecule has 0 aliphatic rings. The van der Waals surface area contributed by atoms with Crippen LogP contribution in [-0.4, -0.2) is 25.4 Å². The highest BCUT2D eigenvalue weighted by molar-refractivity contribution is 9.10. The zero-order valence-electron chi connectivity index (χ0n) is 19.5. The van der Waals surface area contributed by atoms with E-state index in [1.165, 1.54) is 18.3 Å². The van der Waals surface area contributed by atoms with Crippen LogP contribution in [0.1, 0.15) is 10.4 Å². The molecule has 0 atom stereocenters. The number of nitrogens with one attached hydrogen (secondary N) is 2. The van der Waals surface area contributed by atoms with Crippen LogP contribution in [0.25, 0.3) is 27.8 Å². The number of rotatable bonds is 5. The Balaban J connectivity index is 1.32. The second kappa shape index (κ2) is 9.56. The first kappa shape index (κ1) is 23.6. The van der Waals surface area contributed by atoms with E-state index in [4.69, 9.17) is 4.74 Å². The number of carbonyl (C=O) groups is 1. The summed E-state index contributed by atoms with van der Waals surface area (Å²) in [7, 11) is 0. The molecule has 2 aromatic carbocycles. The van der Waals surface area contributed by atoms with Gasteiger partial charge in [-0.1, -0.05) is 15.9 Å². The van der Waals surface area contributed by atoms with Crippen LogP contribution in [0, 0.1) is 5.82 Å². The highest BCUT2D eigenvalue weighted by Gasteiger charge is 2.18. The topological polar surface area (TPSA) is 102 Å². The van der Waals surface area contributed by atoms with E-state index in [0.717, 1.165) is 10.5 Å². The van der Waals surface area contributed by atoms with E-state index in [9.17, 15) is 14.0 Å². The van der Waals surface area contributed by atoms with Crippen molar-refractivity contribution in [1.29, 1.82) is 0 Å². The quantitative estimate of drug-likeness (QED) is 0.257. The molecule has 10 heteroatoms. The molecule has 8 nitrogen and oxygen atoms in total. The van der Waals surface area contributed by atoms with E-state index >= 15 is 0 Å². The summed E-state index contributed by atoms with van der Waals surface area (Å²) in [5, 5.41) is 3.61. The summed E-state index contributed by atoms with van der Waals surface area (Å²) < 4.78 is 23.3. The summed E-state index contributed by atoms with van der Waals surface area (Å²) in [6, 6.07) is 18.1. The molecule has 0 aliphatic heterocycles. The third-order valence-corrected chi connectivity index (χ3v) is 6.47. The van der Waals surface area contributed by atoms with Crippen molar-refractivity contribution in [3.8, 4) is 17.2 Å². The van der Waals surface area contributed by atoms with Gasteiger partial charge in [0, 0.05) is 46.7 Å². The third kappa shape index (κ3) is 4.31. The molecular formula is C28H17BrFN5O3. The molecule has 186 valence electrons. The summed E-state index contributed by atoms with van der Waals surface area (Å²) in [5.74, 6) is -0.947. The number of aromatic amines is 1. The molecule has 0 saturated carbocycles. The van der Waals surface area contributed by atoms with Crippen LogP contribution >= 0.6 is 15.9 Å². The summed E-state index contributed by atoms with van der Waals surface area (Å²) in [6.45, 7) is 0. The van der Waals surface area contributed by atoms with Crippen molar-refractivity contribution < 1.29 is 13.9 Å². The standard InChI is InChI=1S/C28H17BrFN5O3/c29-16-3-6-18(7-4-16)35-15-21(25(36)20-2-1-11-33-27(20)35)28(37)34-17-5-8-24(22(30)14-17)38-23-10-13-32-26-19(23)9-12-31-26/h1-15H,(H,31,32)(H,34,37). The Morgan fingerprint density at radius 1 is 0.974 bits per heavy atom. The van der Waals surface area contributed by atoms with Gasteiger partial charge < -0.3 is 19.6 Å². The monoisotopic (exact) mass is 569 g/mol. The van der Waals surface area contributed by atoms with Gasteiger partial charge in [0.1, 0.15) is 22.6 Å². The lowest BCUT2D eigenvalue weighted by Gasteiger charge is -2.13. The zero-order valence-corrected chi connectivity index (χ0v) is 21.1. The highest BCUT2D eigenvalue weighted by Crippen LogP contribution is 2.31. The Kier molecular flexibility index (Phi) is 5.93. The fourth-order valence-corrected chi connectivity index (χ4v) is 4.39. The molecule has 4 aromatic heterocycles. The smallest absolute Gasteiger partial charge is 0.261 e. The zero-order chi connectivity index (χ0) is 26.2. The van der Waals surface area contributed by atoms with Crippen LogP contribution in [0.2, 0.25) is 0 Å². The predicted molar refractivity (Wildman–Crippen MR) is 146 cm³/mol. The first-order chi connectivity index (χ1) is 18.5. The van der Waals surface area contributed by atoms with Gasteiger partial charge >= 0.3 is 0 Å². The second-order valence-corrected chi connectivity index (χ2v) is 9.26. The van der Waals surface area contributed by atoms with Gasteiger partial charge in [-0.3, -0.25) is 9.59 Å². The summed E-state index contributed by atoms with van der Waals surface area (Å²) in [4.78, 5) is 37.9. The molecule has 2 N–H and O–H groups in total. The van der Waals surface area contributed by atoms with Gasteiger partial charge in [-0.05, 0) is 60.7 Å². The molecule has 0 aliphatic carbocycles. The van der Waals surface area contributed by atoms with Gasteiger partial charge in [0.2, 0.25) is 5.43 Å². The molecule has 6 aromatic rings. The number of ether oxygens (including phenoxy) is 1. The average Bonchev–Trinajstić information content (AvgIpc) is 3.41. The van der Waals surface area contributed by atoms with Gasteiger partial charge in [0.15, 0.2) is 11.6 Å². The maximum absolute atomic E-state index is 14.9. The Hall–Kier alpha value is -4.83. The van der Waals surface area contributed by atoms with Crippen LogP contribution in [0.15, 0.2) is 101 Å². The number of anilines is 1. The number of halogens is 2. The van der Waals surface area contributed by atoms with Crippen LogP contribution < -0.4 is 15.5 Å². The summed E-state index contributed by atoms with van der Waals surface area (Å²) >= 11 is 3.41. The van der Waals surface area contributed by atoms with E-state index in [-0.39, 0.29) is 22.4 Å². The van der Waals surface area contributed by atoms with Gasteiger partial charge in [-0.2, -0.15) is 0 Å². The molecule has 0 saturated heterocycles. The van der Waals surface area contributed by atoms with Crippen LogP contribution in [0.3, 0.4) is 0 Å². The predicted octanol–water partition coefficient (Wildman–Crippen LogP) is 6.21. The maximum Gasteiger partial charge on any atom is 0.261 e. The summed E-state index contributed by atoms with van der Waals surface area (Å²) in [6.07, 6.45) is 6.29. The number of benzene rings is 2. The van der Waals surface area contributed by atoms with Crippen LogP contribution in [-0.2, 0) is 0 Å². The number of aromatic nitrogens is 4. The minimum Gasteiger partial charge on any atom is -0.453 e. The number of amides is 1. The van der Waals surface area contributed by atoms with Crippen molar-refractivity contribution in [3.63, 3.8) is 0 Å². The SMILES string of the molecule is O=C(Nc1ccc(Oc2ccnc3[nH]ccc23)c(F)c1)c1cn(-c2ccc(Br)cc2)c2ncccc2c1=O. The van der Waals surface area contributed by atoms with Crippen molar-refractivity contribution in [3.05, 3.63) is 118 Å². The van der Waals surface area contributed by atoms with Gasteiger partial charge in [0.25, 0.3) is 5.91 Å². The van der Waals surface area contributed by atoms with Crippen molar-refractivity contribution in [2.24, 2.45) is 0 Å². The molecule has 4 heterocycles. The minimum atomic E-state index is -0.682. The number of nitrogens with zero attached hydrogens (tertiary/aromatic N) is 3. The number of hydrogen-bond donors (Lipinski definition) is 2. The Morgan fingerprint density at radius 2 is 1.82 bits per heavy atom. The van der Waals surface area contributed by atoms with Gasteiger partial charge in [-0.15, -0.1) is 0 Å². The number of pyridine rings is 3. The second-order valence-electron chi connectivity index (χ2n) is 8.34. The molecule has 0 fully saturated rings. The lowest BCUT2D eigenvalue weighted by molar-refractivity contribution is 0.102. The van der Waals surface area contributed by atoms with E-state index in [1.807, 2.05) is 24.3 Å². The van der Waals surface area contributed by atoms with E-state index in [1.54, 1.807) is 47.4 Å². The van der Waals surface area contributed by atoms with Crippen molar-refractivity contribution in [2.45, 2.75) is 0 Å². The van der Waals surface area contributed by atoms with E-state index < -0.39 is 17.2 Å². The number of H-pyrrole nitrogens is 1. The van der Waals surface area contributed by atoms with Gasteiger partial charge in [0.05, 0.1) is 10.8 Å². The molecule has 6 rings (SSSR count). The van der Waals surface area contributed by atoms with Crippen molar-refractivity contribution in [1.82, 2.24) is 19.5 Å². The molecule has 0 unspecified atom stereocenters. The fraction of sp³-hybridized carbons (Fsp3) is 0. The fourth-order valence-electron chi connectivity index (χ4n) is 4.12. The van der Waals surface area contributed by atoms with Crippen LogP contribution in [0.4, 0.5) is 10.1 Å². The number of carbonyl (C=O) groups excluding carboxylic acids is 1. The lowest BCUT2D eigenvalue weighted by Crippen LogP contribution is -2.24. The van der Waals surface area contributed by atoms with Crippen LogP contribution in [0.5, 0.6) is 11.5 Å². The third-order valence-electron chi connectivity index (χ3n) is 5.94. The molecule has 0 bridgehead atoms. The number of fused-ring (bicyclic) bond motifs is 2. The number of hydrogen-bond acceptors (Lipinski definition) is 5. The average molecular weight is 570 g/mol. The molecule has 0 radical (unpaired) electrons.